The highest BCUT2D eigenvalue weighted by molar-refractivity contribution is 5.95. The summed E-state index contributed by atoms with van der Waals surface area (Å²) < 4.78 is 0. The predicted molar refractivity (Wildman–Crippen MR) is 103 cm³/mol. The molecule has 6 unspecified atom stereocenters. The van der Waals surface area contributed by atoms with Crippen molar-refractivity contribution >= 4 is 5.78 Å². The minimum Gasteiger partial charge on any atom is -0.392 e. The molecule has 0 radical (unpaired) electrons. The molecule has 4 aliphatic rings. The van der Waals surface area contributed by atoms with Crippen LogP contribution in [0.2, 0.25) is 0 Å². The van der Waals surface area contributed by atoms with Crippen LogP contribution >= 0.6 is 0 Å². The summed E-state index contributed by atoms with van der Waals surface area (Å²) in [6, 6.07) is -0.829. The SMILES string of the molecule is CC1=CC23C(=O)C(C=C(CO)C(O)C2(O)C1N)[C@H]1C(C[C@H]3C)C1(C)C.CN. The van der Waals surface area contributed by atoms with Crippen LogP contribution in [0.25, 0.3) is 0 Å². The summed E-state index contributed by atoms with van der Waals surface area (Å²) in [7, 11) is 1.50. The number of aliphatic hydroxyl groups is 3. The van der Waals surface area contributed by atoms with Crippen molar-refractivity contribution in [1.29, 1.82) is 0 Å². The Morgan fingerprint density at radius 3 is 2.44 bits per heavy atom. The van der Waals surface area contributed by atoms with E-state index >= 15 is 0 Å². The molecule has 4 aliphatic carbocycles. The zero-order valence-corrected chi connectivity index (χ0v) is 16.9. The maximum atomic E-state index is 13.8. The third-order valence-electron chi connectivity index (χ3n) is 8.05. The fourth-order valence-corrected chi connectivity index (χ4v) is 6.49. The molecule has 2 fully saturated rings. The molecule has 0 amide bonds. The summed E-state index contributed by atoms with van der Waals surface area (Å²) in [4.78, 5) is 13.8. The van der Waals surface area contributed by atoms with Crippen LogP contribution in [0.15, 0.2) is 23.3 Å². The number of ketones is 1. The smallest absolute Gasteiger partial charge is 0.153 e. The summed E-state index contributed by atoms with van der Waals surface area (Å²) in [5, 5.41) is 32.6. The Kier molecular flexibility index (Phi) is 4.77. The van der Waals surface area contributed by atoms with E-state index in [1.54, 1.807) is 6.08 Å². The van der Waals surface area contributed by atoms with E-state index in [0.717, 1.165) is 12.0 Å². The fraction of sp³-hybridized carbons (Fsp3) is 0.762. The molecule has 2 bridgehead atoms. The van der Waals surface area contributed by atoms with Gasteiger partial charge in [0.25, 0.3) is 0 Å². The van der Waals surface area contributed by atoms with Crippen molar-refractivity contribution < 1.29 is 20.1 Å². The third kappa shape index (κ3) is 2.22. The average molecular weight is 379 g/mol. The first-order chi connectivity index (χ1) is 12.5. The molecule has 0 aromatic heterocycles. The molecule has 152 valence electrons. The second-order valence-corrected chi connectivity index (χ2v) is 9.34. The highest BCUT2D eigenvalue weighted by atomic mass is 16.3. The van der Waals surface area contributed by atoms with Crippen LogP contribution in [-0.2, 0) is 4.79 Å². The minimum absolute atomic E-state index is 0.0459. The first-order valence-electron chi connectivity index (χ1n) is 9.84. The lowest BCUT2D eigenvalue weighted by Gasteiger charge is -2.48. The van der Waals surface area contributed by atoms with E-state index in [-0.39, 0.29) is 29.6 Å². The lowest BCUT2D eigenvalue weighted by molar-refractivity contribution is -0.168. The Labute approximate surface area is 161 Å². The highest BCUT2D eigenvalue weighted by Gasteiger charge is 2.75. The van der Waals surface area contributed by atoms with Crippen LogP contribution < -0.4 is 11.5 Å². The maximum Gasteiger partial charge on any atom is 0.153 e. The summed E-state index contributed by atoms with van der Waals surface area (Å²) in [5.74, 6) is 0.00913. The zero-order valence-electron chi connectivity index (χ0n) is 16.9. The number of carbonyl (C=O) groups is 1. The van der Waals surface area contributed by atoms with Crippen LogP contribution in [0.5, 0.6) is 0 Å². The second kappa shape index (κ2) is 6.22. The Morgan fingerprint density at radius 1 is 1.30 bits per heavy atom. The molecule has 4 rings (SSSR count). The van der Waals surface area contributed by atoms with Crippen LogP contribution in [0.1, 0.15) is 34.1 Å². The highest BCUT2D eigenvalue weighted by Crippen LogP contribution is 2.71. The molecule has 0 aromatic carbocycles. The van der Waals surface area contributed by atoms with Gasteiger partial charge in [-0.25, -0.2) is 0 Å². The minimum atomic E-state index is -1.81. The van der Waals surface area contributed by atoms with Crippen molar-refractivity contribution in [2.45, 2.75) is 51.9 Å². The Balaban J connectivity index is 0.00000102. The van der Waals surface area contributed by atoms with Gasteiger partial charge in [0.05, 0.1) is 18.1 Å². The molecule has 0 aromatic rings. The van der Waals surface area contributed by atoms with Gasteiger partial charge in [-0.2, -0.15) is 0 Å². The Morgan fingerprint density at radius 2 is 1.89 bits per heavy atom. The van der Waals surface area contributed by atoms with E-state index in [2.05, 4.69) is 19.6 Å². The number of Topliss-reactive ketones (excluding diaryl/α,β-unsaturated/α-hetero) is 1. The quantitative estimate of drug-likeness (QED) is 0.419. The average Bonchev–Trinajstić information content (AvgIpc) is 3.14. The van der Waals surface area contributed by atoms with Gasteiger partial charge in [-0.15, -0.1) is 0 Å². The van der Waals surface area contributed by atoms with Crippen LogP contribution in [-0.4, -0.2) is 52.5 Å². The molecule has 27 heavy (non-hydrogen) atoms. The molecule has 8 atom stereocenters. The van der Waals surface area contributed by atoms with Crippen molar-refractivity contribution in [2.75, 3.05) is 13.7 Å². The van der Waals surface area contributed by atoms with Crippen molar-refractivity contribution in [2.24, 2.45) is 46.0 Å². The molecule has 0 saturated heterocycles. The van der Waals surface area contributed by atoms with Crippen LogP contribution in [0, 0.1) is 34.5 Å². The van der Waals surface area contributed by atoms with E-state index in [1.165, 1.54) is 7.05 Å². The van der Waals surface area contributed by atoms with Gasteiger partial charge < -0.3 is 26.8 Å². The molecule has 6 nitrogen and oxygen atoms in total. The van der Waals surface area contributed by atoms with Gasteiger partial charge in [-0.1, -0.05) is 38.5 Å². The molecule has 1 spiro atoms. The van der Waals surface area contributed by atoms with E-state index in [0.29, 0.717) is 11.5 Å². The topological polar surface area (TPSA) is 130 Å². The monoisotopic (exact) mass is 378 g/mol. The molecule has 0 heterocycles. The molecule has 2 saturated carbocycles. The van der Waals surface area contributed by atoms with Gasteiger partial charge in [0.15, 0.2) is 5.78 Å². The lowest BCUT2D eigenvalue weighted by Crippen LogP contribution is -2.67. The first kappa shape index (κ1) is 20.7. The van der Waals surface area contributed by atoms with Gasteiger partial charge in [-0.3, -0.25) is 4.79 Å². The van der Waals surface area contributed by atoms with E-state index < -0.39 is 29.1 Å². The van der Waals surface area contributed by atoms with Gasteiger partial charge in [-0.05, 0) is 49.1 Å². The zero-order chi connectivity index (χ0) is 20.5. The molecular weight excluding hydrogens is 344 g/mol. The van der Waals surface area contributed by atoms with Gasteiger partial charge >= 0.3 is 0 Å². The van der Waals surface area contributed by atoms with Crippen LogP contribution in [0.3, 0.4) is 0 Å². The molecule has 7 N–H and O–H groups in total. The van der Waals surface area contributed by atoms with E-state index in [4.69, 9.17) is 5.73 Å². The normalized spacial score (nSPS) is 49.5. The Hall–Kier alpha value is -1.05. The first-order valence-corrected chi connectivity index (χ1v) is 9.84. The lowest BCUT2D eigenvalue weighted by atomic mass is 9.58. The summed E-state index contributed by atoms with van der Waals surface area (Å²) in [6.07, 6.45) is 3.03. The van der Waals surface area contributed by atoms with Crippen molar-refractivity contribution in [3.63, 3.8) is 0 Å². The molecular formula is C21H34N2O4. The largest absolute Gasteiger partial charge is 0.392 e. The third-order valence-corrected chi connectivity index (χ3v) is 8.05. The standard InChI is InChI=1S/C20H29NO4.CH5N/c1-9-7-19-10(2)5-13-14(18(13,3)4)12(17(19)24)6-11(8-22)16(23)20(19,25)15(9)21;1-2/h6-7,10,12-16,22-23,25H,5,8,21H2,1-4H3;2H2,1H3/t10-,12?,13?,14+,15?,16?,19?,20?;/m1./s1. The van der Waals surface area contributed by atoms with Gasteiger partial charge in [0.2, 0.25) is 0 Å². The van der Waals surface area contributed by atoms with Gasteiger partial charge in [0, 0.05) is 5.92 Å². The predicted octanol–water partition coefficient (Wildman–Crippen LogP) is 0.357. The summed E-state index contributed by atoms with van der Waals surface area (Å²) in [6.45, 7) is 7.78. The fourth-order valence-electron chi connectivity index (χ4n) is 6.49. The van der Waals surface area contributed by atoms with E-state index in [1.807, 2.05) is 19.9 Å². The van der Waals surface area contributed by atoms with Crippen molar-refractivity contribution in [3.05, 3.63) is 23.3 Å². The summed E-state index contributed by atoms with van der Waals surface area (Å²) >= 11 is 0. The number of fused-ring (bicyclic) bond motifs is 3. The van der Waals surface area contributed by atoms with Gasteiger partial charge in [0.1, 0.15) is 11.7 Å². The number of allylic oxidation sites excluding steroid dienone is 1. The molecule has 0 aliphatic heterocycles. The number of nitrogens with two attached hydrogens (primary N) is 2. The number of rotatable bonds is 1. The van der Waals surface area contributed by atoms with E-state index in [9.17, 15) is 20.1 Å². The van der Waals surface area contributed by atoms with Crippen LogP contribution in [0.4, 0.5) is 0 Å². The second-order valence-electron chi connectivity index (χ2n) is 9.34. The maximum absolute atomic E-state index is 13.8. The summed E-state index contributed by atoms with van der Waals surface area (Å²) in [5.41, 5.74) is 8.91. The Bertz CT molecular complexity index is 715. The number of hydrogen-bond donors (Lipinski definition) is 5. The number of aliphatic hydroxyl groups excluding tert-OH is 2. The number of hydrogen-bond acceptors (Lipinski definition) is 6. The van der Waals surface area contributed by atoms with Crippen molar-refractivity contribution in [1.82, 2.24) is 0 Å². The molecule has 6 heteroatoms. The van der Waals surface area contributed by atoms with Crippen molar-refractivity contribution in [3.8, 4) is 0 Å². The number of carbonyl (C=O) groups excluding carboxylic acids is 1.